The molecule has 1 heterocycles. The van der Waals surface area contributed by atoms with Crippen molar-refractivity contribution in [2.75, 3.05) is 0 Å². The van der Waals surface area contributed by atoms with Crippen LogP contribution in [-0.2, 0) is 0 Å². The van der Waals surface area contributed by atoms with Gasteiger partial charge in [-0.15, -0.1) is 0 Å². The largest absolute Gasteiger partial charge is 0.506 e. The molecule has 0 aromatic carbocycles. The lowest BCUT2D eigenvalue weighted by Crippen LogP contribution is -2.10. The van der Waals surface area contributed by atoms with E-state index in [4.69, 9.17) is 5.11 Å². The highest BCUT2D eigenvalue weighted by Gasteiger charge is 2.13. The predicted molar refractivity (Wildman–Crippen MR) is 50.5 cm³/mol. The highest BCUT2D eigenvalue weighted by atomic mass is 16.3. The number of aromatic hydroxyl groups is 1. The smallest absolute Gasteiger partial charge is 0.183 e. The molecule has 0 saturated carbocycles. The van der Waals surface area contributed by atoms with Crippen molar-refractivity contribution >= 4 is 12.1 Å². The number of carbonyl (C=O) groups excluding carboxylic acids is 2. The van der Waals surface area contributed by atoms with Gasteiger partial charge in [0.15, 0.2) is 12.1 Å². The lowest BCUT2D eigenvalue weighted by molar-refractivity contribution is 0.0934. The summed E-state index contributed by atoms with van der Waals surface area (Å²) in [5, 5.41) is 9.15. The molecule has 0 spiro atoms. The van der Waals surface area contributed by atoms with E-state index in [1.165, 1.54) is 12.1 Å². The van der Waals surface area contributed by atoms with Crippen LogP contribution in [0, 0.1) is 5.92 Å². The molecule has 14 heavy (non-hydrogen) atoms. The zero-order chi connectivity index (χ0) is 10.7. The standard InChI is InChI=1S/C10H11NO3/c1-6(2)10(14)7-3-4-9(13)8(5-12)11-7/h3-6,13H,1-2H3. The van der Waals surface area contributed by atoms with Crippen LogP contribution in [-0.4, -0.2) is 22.2 Å². The van der Waals surface area contributed by atoms with E-state index in [2.05, 4.69) is 4.98 Å². The van der Waals surface area contributed by atoms with Crippen molar-refractivity contribution in [3.8, 4) is 5.75 Å². The molecular weight excluding hydrogens is 182 g/mol. The van der Waals surface area contributed by atoms with Gasteiger partial charge in [-0.2, -0.15) is 0 Å². The van der Waals surface area contributed by atoms with Crippen molar-refractivity contribution in [1.82, 2.24) is 4.98 Å². The number of Topliss-reactive ketones (excluding diaryl/α,β-unsaturated/α-hetero) is 1. The first-order chi connectivity index (χ1) is 6.56. The fourth-order valence-electron chi connectivity index (χ4n) is 0.987. The van der Waals surface area contributed by atoms with E-state index in [1.54, 1.807) is 13.8 Å². The number of pyridine rings is 1. The molecule has 1 rings (SSSR count). The summed E-state index contributed by atoms with van der Waals surface area (Å²) in [4.78, 5) is 25.6. The van der Waals surface area contributed by atoms with Gasteiger partial charge in [0.05, 0.1) is 0 Å². The van der Waals surface area contributed by atoms with Gasteiger partial charge < -0.3 is 5.11 Å². The fourth-order valence-corrected chi connectivity index (χ4v) is 0.987. The van der Waals surface area contributed by atoms with Crippen LogP contribution in [0.3, 0.4) is 0 Å². The van der Waals surface area contributed by atoms with Gasteiger partial charge in [-0.25, -0.2) is 4.98 Å². The van der Waals surface area contributed by atoms with E-state index in [-0.39, 0.29) is 28.8 Å². The summed E-state index contributed by atoms with van der Waals surface area (Å²) in [5.74, 6) is -0.528. The molecule has 0 saturated heterocycles. The molecule has 0 aliphatic rings. The van der Waals surface area contributed by atoms with Crippen LogP contribution in [0.4, 0.5) is 0 Å². The third-order valence-electron chi connectivity index (χ3n) is 1.79. The summed E-state index contributed by atoms with van der Waals surface area (Å²) < 4.78 is 0. The molecule has 0 bridgehead atoms. The summed E-state index contributed by atoms with van der Waals surface area (Å²) in [6, 6.07) is 2.71. The average Bonchev–Trinajstić information content (AvgIpc) is 2.17. The fraction of sp³-hybridized carbons (Fsp3) is 0.300. The Morgan fingerprint density at radius 2 is 2.14 bits per heavy atom. The number of ketones is 1. The van der Waals surface area contributed by atoms with E-state index in [0.29, 0.717) is 6.29 Å². The van der Waals surface area contributed by atoms with Gasteiger partial charge in [-0.1, -0.05) is 13.8 Å². The van der Waals surface area contributed by atoms with Crippen LogP contribution >= 0.6 is 0 Å². The third-order valence-corrected chi connectivity index (χ3v) is 1.79. The molecule has 0 fully saturated rings. The van der Waals surface area contributed by atoms with Crippen molar-refractivity contribution in [3.63, 3.8) is 0 Å². The second-order valence-electron chi connectivity index (χ2n) is 3.24. The van der Waals surface area contributed by atoms with Crippen LogP contribution in [0.5, 0.6) is 5.75 Å². The molecule has 4 nitrogen and oxygen atoms in total. The molecule has 4 heteroatoms. The second kappa shape index (κ2) is 4.00. The molecule has 0 unspecified atom stereocenters. The summed E-state index contributed by atoms with van der Waals surface area (Å²) in [5.41, 5.74) is 0.108. The van der Waals surface area contributed by atoms with Crippen molar-refractivity contribution in [2.24, 2.45) is 5.92 Å². The number of aldehydes is 1. The first kappa shape index (κ1) is 10.4. The monoisotopic (exact) mass is 193 g/mol. The van der Waals surface area contributed by atoms with Gasteiger partial charge >= 0.3 is 0 Å². The molecule has 1 N–H and O–H groups in total. The molecule has 1 aromatic heterocycles. The zero-order valence-corrected chi connectivity index (χ0v) is 8.02. The van der Waals surface area contributed by atoms with Crippen LogP contribution < -0.4 is 0 Å². The third kappa shape index (κ3) is 1.96. The maximum Gasteiger partial charge on any atom is 0.183 e. The number of carbonyl (C=O) groups is 2. The Kier molecular flexibility index (Phi) is 2.96. The maximum absolute atomic E-state index is 11.5. The Morgan fingerprint density at radius 1 is 1.50 bits per heavy atom. The van der Waals surface area contributed by atoms with Crippen LogP contribution in [0.25, 0.3) is 0 Å². The molecule has 0 radical (unpaired) electrons. The van der Waals surface area contributed by atoms with E-state index in [0.717, 1.165) is 0 Å². The van der Waals surface area contributed by atoms with Gasteiger partial charge in [0.1, 0.15) is 17.1 Å². The maximum atomic E-state index is 11.5. The van der Waals surface area contributed by atoms with E-state index >= 15 is 0 Å². The minimum absolute atomic E-state index is 0.100. The molecule has 0 aliphatic carbocycles. The highest BCUT2D eigenvalue weighted by molar-refractivity contribution is 5.96. The highest BCUT2D eigenvalue weighted by Crippen LogP contribution is 2.14. The van der Waals surface area contributed by atoms with Crippen LogP contribution in [0.15, 0.2) is 12.1 Å². The lowest BCUT2D eigenvalue weighted by Gasteiger charge is -2.04. The van der Waals surface area contributed by atoms with Gasteiger partial charge in [-0.05, 0) is 12.1 Å². The molecule has 0 amide bonds. The topological polar surface area (TPSA) is 67.3 Å². The minimum atomic E-state index is -0.208. The molecule has 74 valence electrons. The quantitative estimate of drug-likeness (QED) is 0.582. The van der Waals surface area contributed by atoms with Crippen molar-refractivity contribution < 1.29 is 14.7 Å². The predicted octanol–water partition coefficient (Wildman–Crippen LogP) is 1.44. The van der Waals surface area contributed by atoms with Gasteiger partial charge in [0, 0.05) is 5.92 Å². The SMILES string of the molecule is CC(C)C(=O)c1ccc(O)c(C=O)n1. The van der Waals surface area contributed by atoms with Gasteiger partial charge in [0.2, 0.25) is 0 Å². The molecular formula is C10H11NO3. The Hall–Kier alpha value is -1.71. The summed E-state index contributed by atoms with van der Waals surface area (Å²) in [7, 11) is 0. The summed E-state index contributed by atoms with van der Waals surface area (Å²) in [6.07, 6.45) is 0.423. The lowest BCUT2D eigenvalue weighted by atomic mass is 10.1. The normalized spacial score (nSPS) is 10.2. The van der Waals surface area contributed by atoms with Crippen molar-refractivity contribution in [2.45, 2.75) is 13.8 Å². The number of hydrogen-bond donors (Lipinski definition) is 1. The van der Waals surface area contributed by atoms with Crippen LogP contribution in [0.2, 0.25) is 0 Å². The Labute approximate surface area is 81.6 Å². The average molecular weight is 193 g/mol. The van der Waals surface area contributed by atoms with Crippen molar-refractivity contribution in [1.29, 1.82) is 0 Å². The number of aromatic nitrogens is 1. The summed E-state index contributed by atoms with van der Waals surface area (Å²) in [6.45, 7) is 3.49. The van der Waals surface area contributed by atoms with Gasteiger partial charge in [-0.3, -0.25) is 9.59 Å². The first-order valence-corrected chi connectivity index (χ1v) is 4.25. The zero-order valence-electron chi connectivity index (χ0n) is 8.02. The van der Waals surface area contributed by atoms with E-state index in [1.807, 2.05) is 0 Å². The summed E-state index contributed by atoms with van der Waals surface area (Å²) >= 11 is 0. The Bertz CT molecular complexity index is 372. The Morgan fingerprint density at radius 3 is 2.64 bits per heavy atom. The minimum Gasteiger partial charge on any atom is -0.506 e. The van der Waals surface area contributed by atoms with E-state index < -0.39 is 0 Å². The second-order valence-corrected chi connectivity index (χ2v) is 3.24. The number of rotatable bonds is 3. The first-order valence-electron chi connectivity index (χ1n) is 4.25. The number of hydrogen-bond acceptors (Lipinski definition) is 4. The Balaban J connectivity index is 3.12. The molecule has 0 aliphatic heterocycles. The van der Waals surface area contributed by atoms with Crippen molar-refractivity contribution in [3.05, 3.63) is 23.5 Å². The molecule has 1 aromatic rings. The van der Waals surface area contributed by atoms with Crippen LogP contribution in [0.1, 0.15) is 34.8 Å². The number of nitrogens with zero attached hydrogens (tertiary/aromatic N) is 1. The molecule has 0 atom stereocenters. The van der Waals surface area contributed by atoms with E-state index in [9.17, 15) is 9.59 Å². The van der Waals surface area contributed by atoms with Gasteiger partial charge in [0.25, 0.3) is 0 Å².